The van der Waals surface area contributed by atoms with Gasteiger partial charge in [0.2, 0.25) is 0 Å². The molecule has 0 heterocycles. The molecule has 114 valence electrons. The topological polar surface area (TPSA) is 35.5 Å². The largest absolute Gasteiger partial charge is 0.497 e. The van der Waals surface area contributed by atoms with E-state index in [2.05, 4.69) is 0 Å². The highest BCUT2D eigenvalue weighted by Crippen LogP contribution is 2.25. The number of hydrogen-bond donors (Lipinski definition) is 0. The van der Waals surface area contributed by atoms with Crippen LogP contribution in [-0.2, 0) is 0 Å². The number of hydrogen-bond acceptors (Lipinski definition) is 3. The summed E-state index contributed by atoms with van der Waals surface area (Å²) in [5, 5.41) is 0. The number of ketones is 1. The molecule has 0 aliphatic heterocycles. The summed E-state index contributed by atoms with van der Waals surface area (Å²) in [6.45, 7) is 0. The smallest absolute Gasteiger partial charge is 0.189 e. The highest BCUT2D eigenvalue weighted by Gasteiger charge is 2.11. The van der Waals surface area contributed by atoms with Gasteiger partial charge in [-0.1, -0.05) is 12.1 Å². The van der Waals surface area contributed by atoms with Crippen molar-refractivity contribution in [2.24, 2.45) is 0 Å². The molecule has 3 nitrogen and oxygen atoms in total. The lowest BCUT2D eigenvalue weighted by molar-refractivity contribution is 0.104. The molecule has 0 unspecified atom stereocenters. The summed E-state index contributed by atoms with van der Waals surface area (Å²) in [5.41, 5.74) is 0.303. The molecule has 0 aliphatic rings. The summed E-state index contributed by atoms with van der Waals surface area (Å²) >= 11 is 0. The quantitative estimate of drug-likeness (QED) is 0.621. The number of benzene rings is 2. The van der Waals surface area contributed by atoms with Gasteiger partial charge >= 0.3 is 0 Å². The van der Waals surface area contributed by atoms with Crippen LogP contribution in [0.2, 0.25) is 0 Å². The van der Waals surface area contributed by atoms with Crippen molar-refractivity contribution >= 4 is 11.9 Å². The van der Waals surface area contributed by atoms with Crippen LogP contribution in [0, 0.1) is 11.6 Å². The maximum atomic E-state index is 13.5. The van der Waals surface area contributed by atoms with E-state index in [0.717, 1.165) is 6.07 Å². The minimum absolute atomic E-state index is 0.000767. The van der Waals surface area contributed by atoms with E-state index in [0.29, 0.717) is 17.1 Å². The summed E-state index contributed by atoms with van der Waals surface area (Å²) in [6.07, 6.45) is 2.40. The van der Waals surface area contributed by atoms with Gasteiger partial charge in [0.25, 0.3) is 0 Å². The lowest BCUT2D eigenvalue weighted by Crippen LogP contribution is -1.99. The molecule has 2 rings (SSSR count). The first-order valence-corrected chi connectivity index (χ1v) is 6.45. The van der Waals surface area contributed by atoms with E-state index in [-0.39, 0.29) is 11.3 Å². The standard InChI is InChI=1S/C17H14F2O3/c1-21-12-7-8-13(16(10-12)22-2)15(20)9-6-11-4-3-5-14(18)17(11)19/h3-10H,1-2H3/b9-6+. The van der Waals surface area contributed by atoms with Crippen LogP contribution in [0.25, 0.3) is 6.08 Å². The predicted octanol–water partition coefficient (Wildman–Crippen LogP) is 3.88. The number of carbonyl (C=O) groups is 1. The van der Waals surface area contributed by atoms with Crippen molar-refractivity contribution in [1.82, 2.24) is 0 Å². The molecule has 0 radical (unpaired) electrons. The zero-order valence-electron chi connectivity index (χ0n) is 12.1. The van der Waals surface area contributed by atoms with Gasteiger partial charge in [-0.15, -0.1) is 0 Å². The monoisotopic (exact) mass is 304 g/mol. The zero-order valence-corrected chi connectivity index (χ0v) is 12.1. The van der Waals surface area contributed by atoms with Crippen molar-refractivity contribution in [3.05, 3.63) is 65.2 Å². The zero-order chi connectivity index (χ0) is 16.1. The van der Waals surface area contributed by atoms with E-state index in [9.17, 15) is 13.6 Å². The Kier molecular flexibility index (Phi) is 4.88. The molecular weight excluding hydrogens is 290 g/mol. The molecule has 5 heteroatoms. The van der Waals surface area contributed by atoms with Gasteiger partial charge in [-0.3, -0.25) is 4.79 Å². The molecule has 0 saturated heterocycles. The Morgan fingerprint density at radius 2 is 1.86 bits per heavy atom. The molecule has 0 N–H and O–H groups in total. The number of ether oxygens (including phenoxy) is 2. The van der Waals surface area contributed by atoms with Gasteiger partial charge in [-0.2, -0.15) is 0 Å². The molecule has 0 fully saturated rings. The van der Waals surface area contributed by atoms with Crippen LogP contribution < -0.4 is 9.47 Å². The highest BCUT2D eigenvalue weighted by atomic mass is 19.2. The fourth-order valence-electron chi connectivity index (χ4n) is 1.91. The summed E-state index contributed by atoms with van der Waals surface area (Å²) in [6, 6.07) is 8.51. The maximum absolute atomic E-state index is 13.5. The Morgan fingerprint density at radius 1 is 1.09 bits per heavy atom. The van der Waals surface area contributed by atoms with E-state index < -0.39 is 11.6 Å². The van der Waals surface area contributed by atoms with Crippen molar-refractivity contribution in [3.63, 3.8) is 0 Å². The minimum atomic E-state index is -0.992. The molecule has 0 amide bonds. The third kappa shape index (κ3) is 3.31. The number of halogens is 2. The van der Waals surface area contributed by atoms with Crippen LogP contribution >= 0.6 is 0 Å². The molecule has 0 bridgehead atoms. The Bertz CT molecular complexity index is 724. The Balaban J connectivity index is 2.29. The number of rotatable bonds is 5. The minimum Gasteiger partial charge on any atom is -0.497 e. The molecule has 0 spiro atoms. The highest BCUT2D eigenvalue weighted by molar-refractivity contribution is 6.08. The van der Waals surface area contributed by atoms with Gasteiger partial charge in [-0.25, -0.2) is 8.78 Å². The van der Waals surface area contributed by atoms with Gasteiger partial charge in [0.05, 0.1) is 19.8 Å². The van der Waals surface area contributed by atoms with Crippen LogP contribution in [0.3, 0.4) is 0 Å². The Labute approximate surface area is 126 Å². The van der Waals surface area contributed by atoms with Crippen molar-refractivity contribution in [3.8, 4) is 11.5 Å². The lowest BCUT2D eigenvalue weighted by Gasteiger charge is -2.08. The fourth-order valence-corrected chi connectivity index (χ4v) is 1.91. The van der Waals surface area contributed by atoms with Crippen LogP contribution in [0.1, 0.15) is 15.9 Å². The molecule has 0 aromatic heterocycles. The number of allylic oxidation sites excluding steroid dienone is 1. The van der Waals surface area contributed by atoms with Crippen molar-refractivity contribution in [2.45, 2.75) is 0 Å². The number of methoxy groups -OCH3 is 2. The number of carbonyl (C=O) groups excluding carboxylic acids is 1. The lowest BCUT2D eigenvalue weighted by atomic mass is 10.1. The second-order valence-corrected chi connectivity index (χ2v) is 4.41. The van der Waals surface area contributed by atoms with E-state index in [4.69, 9.17) is 9.47 Å². The van der Waals surface area contributed by atoms with E-state index in [1.165, 1.54) is 38.5 Å². The average Bonchev–Trinajstić information content (AvgIpc) is 2.55. The SMILES string of the molecule is COc1ccc(C(=O)/C=C/c2cccc(F)c2F)c(OC)c1. The third-order valence-corrected chi connectivity index (χ3v) is 3.07. The van der Waals surface area contributed by atoms with Crippen LogP contribution in [0.4, 0.5) is 8.78 Å². The van der Waals surface area contributed by atoms with E-state index >= 15 is 0 Å². The van der Waals surface area contributed by atoms with Crippen LogP contribution in [0.5, 0.6) is 11.5 Å². The summed E-state index contributed by atoms with van der Waals surface area (Å²) < 4.78 is 36.8. The van der Waals surface area contributed by atoms with Gasteiger partial charge in [0, 0.05) is 11.6 Å². The van der Waals surface area contributed by atoms with Crippen LogP contribution in [0.15, 0.2) is 42.5 Å². The van der Waals surface area contributed by atoms with E-state index in [1.54, 1.807) is 18.2 Å². The van der Waals surface area contributed by atoms with Gasteiger partial charge in [-0.05, 0) is 30.4 Å². The van der Waals surface area contributed by atoms with Gasteiger partial charge in [0.1, 0.15) is 11.5 Å². The maximum Gasteiger partial charge on any atom is 0.189 e. The second-order valence-electron chi connectivity index (χ2n) is 4.41. The third-order valence-electron chi connectivity index (χ3n) is 3.07. The van der Waals surface area contributed by atoms with Crippen molar-refractivity contribution in [1.29, 1.82) is 0 Å². The normalized spacial score (nSPS) is 10.7. The molecular formula is C17H14F2O3. The van der Waals surface area contributed by atoms with Crippen molar-refractivity contribution < 1.29 is 23.0 Å². The Hall–Kier alpha value is -2.69. The molecule has 2 aromatic carbocycles. The molecule has 2 aromatic rings. The molecule has 0 saturated carbocycles. The molecule has 22 heavy (non-hydrogen) atoms. The molecule has 0 aliphatic carbocycles. The fraction of sp³-hybridized carbons (Fsp3) is 0.118. The predicted molar refractivity (Wildman–Crippen MR) is 79.3 cm³/mol. The summed E-state index contributed by atoms with van der Waals surface area (Å²) in [5.74, 6) is -1.45. The molecule has 0 atom stereocenters. The summed E-state index contributed by atoms with van der Waals surface area (Å²) in [7, 11) is 2.93. The van der Waals surface area contributed by atoms with Crippen LogP contribution in [-0.4, -0.2) is 20.0 Å². The second kappa shape index (κ2) is 6.85. The first kappa shape index (κ1) is 15.7. The van der Waals surface area contributed by atoms with Gasteiger partial charge in [0.15, 0.2) is 17.4 Å². The van der Waals surface area contributed by atoms with E-state index in [1.807, 2.05) is 0 Å². The summed E-state index contributed by atoms with van der Waals surface area (Å²) in [4.78, 5) is 12.2. The van der Waals surface area contributed by atoms with Crippen molar-refractivity contribution in [2.75, 3.05) is 14.2 Å². The van der Waals surface area contributed by atoms with Gasteiger partial charge < -0.3 is 9.47 Å². The Morgan fingerprint density at radius 3 is 2.55 bits per heavy atom. The first-order valence-electron chi connectivity index (χ1n) is 6.45. The first-order chi connectivity index (χ1) is 10.6. The average molecular weight is 304 g/mol.